The van der Waals surface area contributed by atoms with Crippen molar-refractivity contribution in [1.29, 1.82) is 0 Å². The molecule has 0 spiro atoms. The first-order valence-corrected chi connectivity index (χ1v) is 10.8. The van der Waals surface area contributed by atoms with Gasteiger partial charge < -0.3 is 4.98 Å². The van der Waals surface area contributed by atoms with Gasteiger partial charge in [-0.15, -0.1) is 0 Å². The fraction of sp³-hybridized carbons (Fsp3) is 0.250. The second-order valence-corrected chi connectivity index (χ2v) is 8.25. The van der Waals surface area contributed by atoms with E-state index in [0.29, 0.717) is 0 Å². The first kappa shape index (κ1) is 18.2. The summed E-state index contributed by atoms with van der Waals surface area (Å²) < 4.78 is 0. The lowest BCUT2D eigenvalue weighted by atomic mass is 10.1. The highest BCUT2D eigenvalue weighted by atomic mass is 15.1. The van der Waals surface area contributed by atoms with Crippen molar-refractivity contribution in [3.8, 4) is 22.6 Å². The Morgan fingerprint density at radius 3 is 2.74 bits per heavy atom. The lowest BCUT2D eigenvalue weighted by Gasteiger charge is -2.26. The minimum absolute atomic E-state index is 0.882. The van der Waals surface area contributed by atoms with Gasteiger partial charge in [0.1, 0.15) is 5.69 Å². The molecule has 5 aromatic heterocycles. The van der Waals surface area contributed by atoms with Crippen LogP contribution in [0.25, 0.3) is 44.5 Å². The number of hydrogen-bond acceptors (Lipinski definition) is 5. The van der Waals surface area contributed by atoms with E-state index in [0.717, 1.165) is 51.0 Å². The number of pyridine rings is 3. The highest BCUT2D eigenvalue weighted by Gasteiger charge is 2.14. The van der Waals surface area contributed by atoms with Crippen LogP contribution in [0.3, 0.4) is 0 Å². The molecule has 2 N–H and O–H groups in total. The fourth-order valence-electron chi connectivity index (χ4n) is 4.47. The summed E-state index contributed by atoms with van der Waals surface area (Å²) >= 11 is 0. The smallest absolute Gasteiger partial charge is 0.116 e. The van der Waals surface area contributed by atoms with Crippen molar-refractivity contribution in [3.05, 3.63) is 60.8 Å². The van der Waals surface area contributed by atoms with Crippen LogP contribution >= 0.6 is 0 Å². The Morgan fingerprint density at radius 2 is 1.84 bits per heavy atom. The molecule has 0 aliphatic carbocycles. The Hall–Kier alpha value is -3.58. The molecule has 1 fully saturated rings. The third kappa shape index (κ3) is 3.47. The standard InChI is InChI=1S/C24H23N7/c1-2-6-31(7-3-1)15-16-8-17(13-26-11-16)21-10-19-23(14-27-21)29-30-24(19)22-9-18-12-25-5-4-20(18)28-22/h4-5,8-14,28H,1-3,6-7,15H2,(H,29,30). The van der Waals surface area contributed by atoms with Gasteiger partial charge in [-0.25, -0.2) is 0 Å². The number of rotatable bonds is 4. The number of H-pyrrole nitrogens is 2. The number of aromatic nitrogens is 6. The van der Waals surface area contributed by atoms with E-state index in [1.807, 2.05) is 30.9 Å². The molecule has 1 aliphatic rings. The molecule has 0 bridgehead atoms. The number of fused-ring (bicyclic) bond motifs is 2. The van der Waals surface area contributed by atoms with Crippen molar-refractivity contribution in [1.82, 2.24) is 35.0 Å². The first-order chi connectivity index (χ1) is 15.3. The highest BCUT2D eigenvalue weighted by molar-refractivity contribution is 5.96. The zero-order chi connectivity index (χ0) is 20.6. The van der Waals surface area contributed by atoms with Crippen LogP contribution in [0, 0.1) is 0 Å². The predicted molar refractivity (Wildman–Crippen MR) is 121 cm³/mol. The molecular formula is C24H23N7. The zero-order valence-electron chi connectivity index (χ0n) is 17.2. The average Bonchev–Trinajstić information content (AvgIpc) is 3.43. The molecule has 31 heavy (non-hydrogen) atoms. The normalized spacial score (nSPS) is 15.1. The van der Waals surface area contributed by atoms with Crippen LogP contribution in [0.2, 0.25) is 0 Å². The molecule has 5 aromatic rings. The van der Waals surface area contributed by atoms with Crippen molar-refractivity contribution in [2.24, 2.45) is 0 Å². The van der Waals surface area contributed by atoms with Gasteiger partial charge in [0.2, 0.25) is 0 Å². The van der Waals surface area contributed by atoms with Gasteiger partial charge in [0.05, 0.1) is 23.1 Å². The van der Waals surface area contributed by atoms with Crippen molar-refractivity contribution in [3.63, 3.8) is 0 Å². The van der Waals surface area contributed by atoms with Gasteiger partial charge in [0.15, 0.2) is 0 Å². The summed E-state index contributed by atoms with van der Waals surface area (Å²) in [4.78, 5) is 19.3. The minimum Gasteiger partial charge on any atom is -0.353 e. The number of nitrogens with one attached hydrogen (secondary N) is 2. The molecule has 6 heterocycles. The van der Waals surface area contributed by atoms with Gasteiger partial charge in [-0.1, -0.05) is 6.42 Å². The fourth-order valence-corrected chi connectivity index (χ4v) is 4.47. The Kier molecular flexibility index (Phi) is 4.46. The molecule has 6 rings (SSSR count). The van der Waals surface area contributed by atoms with Crippen LogP contribution in [0.15, 0.2) is 55.2 Å². The molecule has 0 atom stereocenters. The predicted octanol–water partition coefficient (Wildman–Crippen LogP) is 4.55. The van der Waals surface area contributed by atoms with Gasteiger partial charge in [-0.3, -0.25) is 25.0 Å². The lowest BCUT2D eigenvalue weighted by molar-refractivity contribution is 0.220. The maximum absolute atomic E-state index is 4.67. The monoisotopic (exact) mass is 409 g/mol. The van der Waals surface area contributed by atoms with E-state index in [4.69, 9.17) is 0 Å². The Labute approximate surface area is 179 Å². The van der Waals surface area contributed by atoms with Gasteiger partial charge >= 0.3 is 0 Å². The van der Waals surface area contributed by atoms with Gasteiger partial charge in [-0.2, -0.15) is 5.10 Å². The topological polar surface area (TPSA) is 86.4 Å². The highest BCUT2D eigenvalue weighted by Crippen LogP contribution is 2.30. The van der Waals surface area contributed by atoms with Crippen molar-refractivity contribution in [2.75, 3.05) is 13.1 Å². The van der Waals surface area contributed by atoms with Gasteiger partial charge in [0, 0.05) is 53.2 Å². The molecule has 1 aliphatic heterocycles. The van der Waals surface area contributed by atoms with Crippen LogP contribution in [0.5, 0.6) is 0 Å². The molecule has 7 heteroatoms. The molecule has 154 valence electrons. The summed E-state index contributed by atoms with van der Waals surface area (Å²) in [6.45, 7) is 3.29. The van der Waals surface area contributed by atoms with Crippen molar-refractivity contribution >= 4 is 21.8 Å². The van der Waals surface area contributed by atoms with Gasteiger partial charge in [0.25, 0.3) is 0 Å². The van der Waals surface area contributed by atoms with Crippen LogP contribution in [0.4, 0.5) is 0 Å². The molecular weight excluding hydrogens is 386 g/mol. The SMILES string of the molecule is c1cc2[nH]c(-c3n[nH]c4cnc(-c5cncc(CN6CCCCC6)c5)cc34)cc2cn1. The van der Waals surface area contributed by atoms with E-state index in [1.165, 1.54) is 37.9 Å². The maximum atomic E-state index is 4.67. The van der Waals surface area contributed by atoms with Crippen LogP contribution in [0.1, 0.15) is 24.8 Å². The Bertz CT molecular complexity index is 1330. The summed E-state index contributed by atoms with van der Waals surface area (Å²) in [6.07, 6.45) is 13.3. The minimum atomic E-state index is 0.882. The number of hydrogen-bond donors (Lipinski definition) is 2. The van der Waals surface area contributed by atoms with E-state index in [2.05, 4.69) is 53.2 Å². The quantitative estimate of drug-likeness (QED) is 0.455. The van der Waals surface area contributed by atoms with Crippen molar-refractivity contribution < 1.29 is 0 Å². The van der Waals surface area contributed by atoms with Crippen molar-refractivity contribution in [2.45, 2.75) is 25.8 Å². The number of aromatic amines is 2. The van der Waals surface area contributed by atoms with E-state index in [9.17, 15) is 0 Å². The largest absolute Gasteiger partial charge is 0.353 e. The van der Waals surface area contributed by atoms with E-state index in [1.54, 1.807) is 6.20 Å². The van der Waals surface area contributed by atoms with E-state index in [-0.39, 0.29) is 0 Å². The van der Waals surface area contributed by atoms with E-state index < -0.39 is 0 Å². The Balaban J connectivity index is 1.36. The number of piperidine rings is 1. The zero-order valence-corrected chi connectivity index (χ0v) is 17.2. The summed E-state index contributed by atoms with van der Waals surface area (Å²) in [6, 6.07) is 8.36. The molecule has 1 saturated heterocycles. The Morgan fingerprint density at radius 1 is 0.903 bits per heavy atom. The number of likely N-dealkylation sites (tertiary alicyclic amines) is 1. The third-order valence-electron chi connectivity index (χ3n) is 6.07. The molecule has 0 aromatic carbocycles. The van der Waals surface area contributed by atoms with Crippen LogP contribution in [-0.2, 0) is 6.54 Å². The summed E-state index contributed by atoms with van der Waals surface area (Å²) in [5, 5.41) is 9.76. The summed E-state index contributed by atoms with van der Waals surface area (Å²) in [5.74, 6) is 0. The van der Waals surface area contributed by atoms with Crippen LogP contribution < -0.4 is 0 Å². The van der Waals surface area contributed by atoms with Crippen LogP contribution in [-0.4, -0.2) is 48.1 Å². The lowest BCUT2D eigenvalue weighted by Crippen LogP contribution is -2.29. The second-order valence-electron chi connectivity index (χ2n) is 8.25. The molecule has 0 saturated carbocycles. The summed E-state index contributed by atoms with van der Waals surface area (Å²) in [7, 11) is 0. The third-order valence-corrected chi connectivity index (χ3v) is 6.07. The maximum Gasteiger partial charge on any atom is 0.116 e. The average molecular weight is 409 g/mol. The number of nitrogens with zero attached hydrogens (tertiary/aromatic N) is 5. The molecule has 0 radical (unpaired) electrons. The van der Waals surface area contributed by atoms with E-state index >= 15 is 0 Å². The molecule has 0 unspecified atom stereocenters. The first-order valence-electron chi connectivity index (χ1n) is 10.8. The molecule has 7 nitrogen and oxygen atoms in total. The molecule has 0 amide bonds. The van der Waals surface area contributed by atoms with Gasteiger partial charge in [-0.05, 0) is 55.8 Å². The second kappa shape index (κ2) is 7.59. The summed E-state index contributed by atoms with van der Waals surface area (Å²) in [5.41, 5.74) is 6.97.